The van der Waals surface area contributed by atoms with Crippen LogP contribution in [0.4, 0.5) is 11.4 Å². The number of hydrogen-bond acceptors (Lipinski definition) is 6. The predicted molar refractivity (Wildman–Crippen MR) is 86.1 cm³/mol. The number of hydrogen-bond donors (Lipinski definition) is 2. The summed E-state index contributed by atoms with van der Waals surface area (Å²) in [7, 11) is 1.30. The van der Waals surface area contributed by atoms with Gasteiger partial charge in [0.05, 0.1) is 18.1 Å². The fraction of sp³-hybridized carbons (Fsp3) is 0.188. The van der Waals surface area contributed by atoms with Crippen LogP contribution >= 0.6 is 0 Å². The molecule has 0 aliphatic carbocycles. The summed E-state index contributed by atoms with van der Waals surface area (Å²) in [5.41, 5.74) is 1.78. The molecule has 0 fully saturated rings. The molecule has 0 spiro atoms. The summed E-state index contributed by atoms with van der Waals surface area (Å²) >= 11 is 0. The van der Waals surface area contributed by atoms with Crippen molar-refractivity contribution in [2.75, 3.05) is 7.11 Å². The van der Waals surface area contributed by atoms with Crippen LogP contribution in [-0.4, -0.2) is 28.5 Å². The Labute approximate surface area is 132 Å². The molecule has 0 saturated carbocycles. The minimum Gasteiger partial charge on any atom is -0.505 e. The Hall–Kier alpha value is -3.09. The van der Waals surface area contributed by atoms with Gasteiger partial charge in [-0.05, 0) is 31.0 Å². The highest BCUT2D eigenvalue weighted by atomic mass is 16.6. The van der Waals surface area contributed by atoms with Crippen LogP contribution in [0.25, 0.3) is 0 Å². The molecule has 0 atom stereocenters. The fourth-order valence-electron chi connectivity index (χ4n) is 2.15. The largest absolute Gasteiger partial charge is 0.505 e. The maximum absolute atomic E-state index is 10.9. The number of phenolic OH excluding ortho intramolecular Hbond substituents is 2. The Bertz CT molecular complexity index is 800. The van der Waals surface area contributed by atoms with Crippen LogP contribution in [-0.2, 0) is 0 Å². The van der Waals surface area contributed by atoms with E-state index in [1.807, 2.05) is 13.0 Å². The average molecular weight is 316 g/mol. The van der Waals surface area contributed by atoms with E-state index in [-0.39, 0.29) is 28.5 Å². The highest BCUT2D eigenvalue weighted by molar-refractivity contribution is 5.88. The summed E-state index contributed by atoms with van der Waals surface area (Å²) < 4.78 is 4.92. The molecule has 0 amide bonds. The van der Waals surface area contributed by atoms with Crippen molar-refractivity contribution in [3.63, 3.8) is 0 Å². The number of methoxy groups -OCH3 is 1. The van der Waals surface area contributed by atoms with E-state index in [9.17, 15) is 20.3 Å². The van der Waals surface area contributed by atoms with Gasteiger partial charge in [0.1, 0.15) is 11.4 Å². The van der Waals surface area contributed by atoms with Crippen molar-refractivity contribution in [3.05, 3.63) is 51.1 Å². The molecule has 0 saturated heterocycles. The van der Waals surface area contributed by atoms with E-state index >= 15 is 0 Å². The molecule has 0 aliphatic rings. The average Bonchev–Trinajstić information content (AvgIpc) is 2.50. The van der Waals surface area contributed by atoms with Crippen molar-refractivity contribution in [1.82, 2.24) is 0 Å². The Kier molecular flexibility index (Phi) is 4.49. The second-order valence-corrected chi connectivity index (χ2v) is 5.05. The molecular weight excluding hydrogens is 300 g/mol. The zero-order chi connectivity index (χ0) is 17.1. The smallest absolute Gasteiger partial charge is 0.274 e. The van der Waals surface area contributed by atoms with Gasteiger partial charge in [-0.2, -0.15) is 0 Å². The van der Waals surface area contributed by atoms with Gasteiger partial charge in [0, 0.05) is 17.8 Å². The van der Waals surface area contributed by atoms with Crippen LogP contribution in [0.2, 0.25) is 0 Å². The van der Waals surface area contributed by atoms with Gasteiger partial charge >= 0.3 is 0 Å². The van der Waals surface area contributed by atoms with Gasteiger partial charge in [-0.25, -0.2) is 0 Å². The molecule has 0 radical (unpaired) electrons. The van der Waals surface area contributed by atoms with Crippen molar-refractivity contribution in [2.45, 2.75) is 13.8 Å². The quantitative estimate of drug-likeness (QED) is 0.511. The number of aryl methyl sites for hydroxylation is 2. The van der Waals surface area contributed by atoms with E-state index in [2.05, 4.69) is 4.99 Å². The third-order valence-corrected chi connectivity index (χ3v) is 3.29. The molecule has 2 N–H and O–H groups in total. The van der Waals surface area contributed by atoms with Crippen LogP contribution < -0.4 is 4.74 Å². The van der Waals surface area contributed by atoms with Crippen LogP contribution in [0.15, 0.2) is 29.3 Å². The van der Waals surface area contributed by atoms with Gasteiger partial charge in [0.2, 0.25) is 0 Å². The third-order valence-electron chi connectivity index (χ3n) is 3.29. The summed E-state index contributed by atoms with van der Waals surface area (Å²) in [6.45, 7) is 3.61. The van der Waals surface area contributed by atoms with Crippen LogP contribution in [0.3, 0.4) is 0 Å². The highest BCUT2D eigenvalue weighted by Gasteiger charge is 2.16. The van der Waals surface area contributed by atoms with Gasteiger partial charge in [-0.1, -0.05) is 6.07 Å². The Balaban J connectivity index is 2.51. The molecule has 0 aliphatic heterocycles. The van der Waals surface area contributed by atoms with E-state index in [4.69, 9.17) is 4.74 Å². The summed E-state index contributed by atoms with van der Waals surface area (Å²) in [4.78, 5) is 14.5. The zero-order valence-electron chi connectivity index (χ0n) is 12.9. The molecule has 0 unspecified atom stereocenters. The summed E-state index contributed by atoms with van der Waals surface area (Å²) in [6, 6.07) is 5.79. The monoisotopic (exact) mass is 316 g/mol. The SMILES string of the molecule is COc1cc([N+](=O)[O-])cc(C=Nc2cc(C)cc(C)c2O)c1O. The van der Waals surface area contributed by atoms with E-state index in [1.54, 1.807) is 13.0 Å². The third kappa shape index (κ3) is 3.39. The van der Waals surface area contributed by atoms with E-state index in [0.717, 1.165) is 11.6 Å². The minimum absolute atomic E-state index is 0.0173. The van der Waals surface area contributed by atoms with Crippen molar-refractivity contribution >= 4 is 17.6 Å². The maximum Gasteiger partial charge on any atom is 0.274 e. The lowest BCUT2D eigenvalue weighted by atomic mass is 10.1. The summed E-state index contributed by atoms with van der Waals surface area (Å²) in [6.07, 6.45) is 1.25. The van der Waals surface area contributed by atoms with Gasteiger partial charge in [0.25, 0.3) is 5.69 Å². The standard InChI is InChI=1S/C16H16N2O5/c1-9-4-10(2)15(19)13(5-9)17-8-11-6-12(18(21)22)7-14(23-3)16(11)20/h4-8,19-20H,1-3H3. The first-order chi connectivity index (χ1) is 10.8. The molecule has 23 heavy (non-hydrogen) atoms. The number of phenols is 2. The van der Waals surface area contributed by atoms with Crippen LogP contribution in [0.5, 0.6) is 17.2 Å². The molecule has 2 rings (SSSR count). The molecule has 0 aromatic heterocycles. The Morgan fingerprint density at radius 2 is 1.87 bits per heavy atom. The predicted octanol–water partition coefficient (Wildman–Crippen LogP) is 3.38. The summed E-state index contributed by atoms with van der Waals surface area (Å²) in [5.74, 6) is -0.264. The zero-order valence-corrected chi connectivity index (χ0v) is 12.9. The van der Waals surface area contributed by atoms with Crippen molar-refractivity contribution < 1.29 is 19.9 Å². The van der Waals surface area contributed by atoms with Crippen molar-refractivity contribution in [2.24, 2.45) is 4.99 Å². The second-order valence-electron chi connectivity index (χ2n) is 5.05. The Morgan fingerprint density at radius 1 is 1.17 bits per heavy atom. The lowest BCUT2D eigenvalue weighted by Crippen LogP contribution is -1.94. The molecule has 120 valence electrons. The summed E-state index contributed by atoms with van der Waals surface area (Å²) in [5, 5.41) is 31.0. The lowest BCUT2D eigenvalue weighted by Gasteiger charge is -2.07. The first kappa shape index (κ1) is 16.3. The topological polar surface area (TPSA) is 105 Å². The van der Waals surface area contributed by atoms with Gasteiger partial charge in [-0.3, -0.25) is 15.1 Å². The number of nitro groups is 1. The van der Waals surface area contributed by atoms with E-state index < -0.39 is 4.92 Å². The van der Waals surface area contributed by atoms with Gasteiger partial charge < -0.3 is 14.9 Å². The number of nitrogens with zero attached hydrogens (tertiary/aromatic N) is 2. The number of rotatable bonds is 4. The second kappa shape index (κ2) is 6.35. The fourth-order valence-corrected chi connectivity index (χ4v) is 2.15. The molecule has 2 aromatic carbocycles. The van der Waals surface area contributed by atoms with Crippen LogP contribution in [0.1, 0.15) is 16.7 Å². The van der Waals surface area contributed by atoms with Gasteiger partial charge in [0.15, 0.2) is 11.5 Å². The number of benzene rings is 2. The number of nitro benzene ring substituents is 1. The maximum atomic E-state index is 10.9. The van der Waals surface area contributed by atoms with Crippen molar-refractivity contribution in [3.8, 4) is 17.2 Å². The van der Waals surface area contributed by atoms with Crippen LogP contribution in [0, 0.1) is 24.0 Å². The van der Waals surface area contributed by atoms with Crippen molar-refractivity contribution in [1.29, 1.82) is 0 Å². The first-order valence-electron chi connectivity index (χ1n) is 6.73. The molecule has 0 heterocycles. The highest BCUT2D eigenvalue weighted by Crippen LogP contribution is 2.35. The minimum atomic E-state index is -0.590. The number of aliphatic imine (C=N–C) groups is 1. The van der Waals surface area contributed by atoms with E-state index in [1.165, 1.54) is 19.4 Å². The number of non-ortho nitro benzene ring substituents is 1. The molecule has 7 heteroatoms. The lowest BCUT2D eigenvalue weighted by molar-refractivity contribution is -0.385. The Morgan fingerprint density at radius 3 is 2.48 bits per heavy atom. The molecule has 2 aromatic rings. The first-order valence-corrected chi connectivity index (χ1v) is 6.73. The number of aromatic hydroxyl groups is 2. The number of ether oxygens (including phenoxy) is 1. The normalized spacial score (nSPS) is 10.9. The molecule has 0 bridgehead atoms. The molecule has 7 nitrogen and oxygen atoms in total. The molecular formula is C16H16N2O5. The van der Waals surface area contributed by atoms with Gasteiger partial charge in [-0.15, -0.1) is 0 Å². The van der Waals surface area contributed by atoms with E-state index in [0.29, 0.717) is 11.3 Å².